The van der Waals surface area contributed by atoms with Gasteiger partial charge in [-0.15, -0.1) is 0 Å². The molecule has 9 heteroatoms. The van der Waals surface area contributed by atoms with E-state index in [0.717, 1.165) is 11.3 Å². The topological polar surface area (TPSA) is 105 Å². The minimum Gasteiger partial charge on any atom is -0.477 e. The van der Waals surface area contributed by atoms with E-state index in [1.165, 1.54) is 12.1 Å². The Balaban J connectivity index is 2.31. The fraction of sp³-hybridized carbons (Fsp3) is 0.0909. The highest BCUT2D eigenvalue weighted by Gasteiger charge is 2.16. The lowest BCUT2D eigenvalue weighted by atomic mass is 10.3. The second kappa shape index (κ2) is 5.43. The maximum Gasteiger partial charge on any atom is 0.347 e. The van der Waals surface area contributed by atoms with Crippen LogP contribution in [0, 0.1) is 17.0 Å². The molecule has 0 unspecified atom stereocenters. The Kier molecular flexibility index (Phi) is 3.86. The number of hydrogen-bond acceptors (Lipinski definition) is 6. The van der Waals surface area contributed by atoms with E-state index in [4.69, 9.17) is 16.7 Å². The zero-order chi connectivity index (χ0) is 14.9. The number of rotatable bonds is 4. The van der Waals surface area contributed by atoms with E-state index in [9.17, 15) is 14.9 Å². The number of nitrogens with one attached hydrogen (secondary N) is 1. The van der Waals surface area contributed by atoms with Crippen LogP contribution in [-0.2, 0) is 0 Å². The number of aryl methyl sites for hydroxylation is 1. The number of carboxylic acids is 1. The van der Waals surface area contributed by atoms with Crippen LogP contribution in [0.5, 0.6) is 0 Å². The van der Waals surface area contributed by atoms with Gasteiger partial charge >= 0.3 is 5.97 Å². The molecule has 1 heterocycles. The molecule has 0 aliphatic carbocycles. The van der Waals surface area contributed by atoms with Crippen molar-refractivity contribution in [2.75, 3.05) is 5.32 Å². The largest absolute Gasteiger partial charge is 0.477 e. The van der Waals surface area contributed by atoms with Crippen molar-refractivity contribution in [2.24, 2.45) is 0 Å². The van der Waals surface area contributed by atoms with Crippen LogP contribution >= 0.6 is 22.9 Å². The molecule has 104 valence electrons. The van der Waals surface area contributed by atoms with Crippen molar-refractivity contribution in [3.05, 3.63) is 43.9 Å². The number of nitro benzene ring substituents is 1. The molecule has 0 fully saturated rings. The number of nitro groups is 1. The summed E-state index contributed by atoms with van der Waals surface area (Å²) in [5.41, 5.74) is 0.559. The third kappa shape index (κ3) is 2.86. The summed E-state index contributed by atoms with van der Waals surface area (Å²) in [6.45, 7) is 1.58. The summed E-state index contributed by atoms with van der Waals surface area (Å²) in [5.74, 6) is -1.06. The quantitative estimate of drug-likeness (QED) is 0.661. The van der Waals surface area contributed by atoms with E-state index in [0.29, 0.717) is 16.5 Å². The van der Waals surface area contributed by atoms with Crippen LogP contribution in [-0.4, -0.2) is 21.0 Å². The van der Waals surface area contributed by atoms with Gasteiger partial charge in [0.15, 0.2) is 5.13 Å². The molecule has 0 saturated heterocycles. The Morgan fingerprint density at radius 2 is 2.25 bits per heavy atom. The Bertz CT molecular complexity index is 701. The van der Waals surface area contributed by atoms with Gasteiger partial charge in [-0.25, -0.2) is 9.78 Å². The second-order valence-electron chi connectivity index (χ2n) is 3.79. The summed E-state index contributed by atoms with van der Waals surface area (Å²) in [7, 11) is 0. The van der Waals surface area contributed by atoms with Crippen molar-refractivity contribution in [2.45, 2.75) is 6.92 Å². The number of anilines is 2. The van der Waals surface area contributed by atoms with E-state index < -0.39 is 10.9 Å². The van der Waals surface area contributed by atoms with E-state index in [1.54, 1.807) is 13.0 Å². The maximum absolute atomic E-state index is 10.9. The highest BCUT2D eigenvalue weighted by atomic mass is 35.5. The lowest BCUT2D eigenvalue weighted by Gasteiger charge is -2.02. The Labute approximate surface area is 122 Å². The van der Waals surface area contributed by atoms with Crippen molar-refractivity contribution in [3.8, 4) is 0 Å². The third-order valence-corrected chi connectivity index (χ3v) is 3.77. The van der Waals surface area contributed by atoms with Gasteiger partial charge in [0.2, 0.25) is 0 Å². The first-order chi connectivity index (χ1) is 9.38. The van der Waals surface area contributed by atoms with Crippen LogP contribution in [0.1, 0.15) is 15.4 Å². The first-order valence-electron chi connectivity index (χ1n) is 5.30. The summed E-state index contributed by atoms with van der Waals surface area (Å²) in [4.78, 5) is 25.3. The van der Waals surface area contributed by atoms with Crippen molar-refractivity contribution in [1.29, 1.82) is 0 Å². The van der Waals surface area contributed by atoms with Gasteiger partial charge < -0.3 is 10.4 Å². The molecule has 0 amide bonds. The van der Waals surface area contributed by atoms with Gasteiger partial charge in [-0.05, 0) is 19.1 Å². The molecule has 1 aromatic carbocycles. The minimum atomic E-state index is -1.06. The summed E-state index contributed by atoms with van der Waals surface area (Å²) in [5, 5.41) is 22.9. The molecule has 0 radical (unpaired) electrons. The molecule has 1 aromatic heterocycles. The van der Waals surface area contributed by atoms with E-state index >= 15 is 0 Å². The summed E-state index contributed by atoms with van der Waals surface area (Å²) in [6, 6.07) is 4.20. The number of aromatic carboxylic acids is 1. The van der Waals surface area contributed by atoms with Crippen LogP contribution in [0.15, 0.2) is 18.2 Å². The summed E-state index contributed by atoms with van der Waals surface area (Å²) in [6.07, 6.45) is 0. The number of carbonyl (C=O) groups is 1. The number of thiazole rings is 1. The highest BCUT2D eigenvalue weighted by Crippen LogP contribution is 2.31. The van der Waals surface area contributed by atoms with Crippen LogP contribution in [0.25, 0.3) is 0 Å². The molecule has 0 saturated carbocycles. The zero-order valence-corrected chi connectivity index (χ0v) is 11.7. The molecule has 20 heavy (non-hydrogen) atoms. The molecule has 0 spiro atoms. The van der Waals surface area contributed by atoms with Gasteiger partial charge in [0.05, 0.1) is 10.6 Å². The van der Waals surface area contributed by atoms with Gasteiger partial charge in [0.1, 0.15) is 9.90 Å². The minimum absolute atomic E-state index is 0.0297. The first-order valence-corrected chi connectivity index (χ1v) is 6.49. The maximum atomic E-state index is 10.9. The van der Waals surface area contributed by atoms with E-state index in [-0.39, 0.29) is 15.6 Å². The fourth-order valence-corrected chi connectivity index (χ4v) is 2.51. The number of hydrogen-bond donors (Lipinski definition) is 2. The molecule has 7 nitrogen and oxygen atoms in total. The summed E-state index contributed by atoms with van der Waals surface area (Å²) >= 11 is 6.66. The van der Waals surface area contributed by atoms with Crippen LogP contribution < -0.4 is 5.32 Å². The van der Waals surface area contributed by atoms with Gasteiger partial charge in [-0.3, -0.25) is 10.1 Å². The van der Waals surface area contributed by atoms with Crippen LogP contribution in [0.2, 0.25) is 5.02 Å². The first kappa shape index (κ1) is 14.2. The average Bonchev–Trinajstić information content (AvgIpc) is 2.72. The van der Waals surface area contributed by atoms with Gasteiger partial charge in [0.25, 0.3) is 5.69 Å². The zero-order valence-electron chi connectivity index (χ0n) is 10.1. The molecule has 2 rings (SSSR count). The Morgan fingerprint density at radius 1 is 1.55 bits per heavy atom. The highest BCUT2D eigenvalue weighted by molar-refractivity contribution is 7.17. The molecule has 0 atom stereocenters. The number of halogens is 1. The predicted molar refractivity (Wildman–Crippen MR) is 75.2 cm³/mol. The Morgan fingerprint density at radius 3 is 2.80 bits per heavy atom. The van der Waals surface area contributed by atoms with Crippen LogP contribution in [0.4, 0.5) is 16.5 Å². The lowest BCUT2D eigenvalue weighted by molar-refractivity contribution is -0.384. The van der Waals surface area contributed by atoms with Crippen molar-refractivity contribution in [1.82, 2.24) is 4.98 Å². The third-order valence-electron chi connectivity index (χ3n) is 2.38. The SMILES string of the molecule is Cc1nc(Nc2ccc(Cl)c([N+](=O)[O-])c2)sc1C(=O)O. The van der Waals surface area contributed by atoms with Crippen molar-refractivity contribution >= 4 is 45.4 Å². The van der Waals surface area contributed by atoms with E-state index in [2.05, 4.69) is 10.3 Å². The predicted octanol–water partition coefficient (Wildman–Crippen LogP) is 3.45. The number of nitrogens with zero attached hydrogens (tertiary/aromatic N) is 2. The van der Waals surface area contributed by atoms with Crippen molar-refractivity contribution < 1.29 is 14.8 Å². The normalized spacial score (nSPS) is 10.3. The Hall–Kier alpha value is -2.19. The van der Waals surface area contributed by atoms with Gasteiger partial charge in [-0.2, -0.15) is 0 Å². The fourth-order valence-electron chi connectivity index (χ4n) is 1.50. The lowest BCUT2D eigenvalue weighted by Crippen LogP contribution is -1.94. The number of benzene rings is 1. The second-order valence-corrected chi connectivity index (χ2v) is 5.19. The average molecular weight is 314 g/mol. The number of carboxylic acid groups (broad SMARTS) is 1. The molecule has 2 N–H and O–H groups in total. The smallest absolute Gasteiger partial charge is 0.347 e. The summed E-state index contributed by atoms with van der Waals surface area (Å²) < 4.78 is 0. The van der Waals surface area contributed by atoms with Gasteiger partial charge in [0, 0.05) is 11.8 Å². The molecular weight excluding hydrogens is 306 g/mol. The number of aromatic nitrogens is 1. The van der Waals surface area contributed by atoms with E-state index in [1.807, 2.05) is 0 Å². The standard InChI is InChI=1S/C11H8ClN3O4S/c1-5-9(10(16)17)20-11(13-5)14-6-2-3-7(12)8(4-6)15(18)19/h2-4H,1H3,(H,13,14)(H,16,17). The molecular formula is C11H8ClN3O4S. The molecule has 0 aliphatic rings. The molecule has 0 bridgehead atoms. The van der Waals surface area contributed by atoms with Crippen molar-refractivity contribution in [3.63, 3.8) is 0 Å². The van der Waals surface area contributed by atoms with Crippen LogP contribution in [0.3, 0.4) is 0 Å². The molecule has 2 aromatic rings. The monoisotopic (exact) mass is 313 g/mol. The van der Waals surface area contributed by atoms with Gasteiger partial charge in [-0.1, -0.05) is 22.9 Å². The molecule has 0 aliphatic heterocycles.